The predicted molar refractivity (Wildman–Crippen MR) is 139 cm³/mol. The fraction of sp³-hybridized carbons (Fsp3) is 0.310. The maximum Gasteiger partial charge on any atom is 0.336 e. The van der Waals surface area contributed by atoms with Crippen molar-refractivity contribution in [2.75, 3.05) is 18.4 Å². The van der Waals surface area contributed by atoms with Crippen LogP contribution in [0.5, 0.6) is 0 Å². The molecule has 0 saturated heterocycles. The van der Waals surface area contributed by atoms with Crippen molar-refractivity contribution in [3.63, 3.8) is 0 Å². The number of rotatable bonds is 6. The summed E-state index contributed by atoms with van der Waals surface area (Å²) in [6, 6.07) is 13.8. The SMILES string of the molecule is CC/N=c1/cc2oc3cc(NCC)c(C)cc3c(-c3cc(C(C)C)ccc3C(=O)O)c-2cc1C. The molecule has 1 aliphatic heterocycles. The average Bonchev–Trinajstić information content (AvgIpc) is 2.79. The number of anilines is 1. The molecule has 2 aromatic carbocycles. The number of carbonyl (C=O) groups is 1. The number of aryl methyl sites for hydroxylation is 2. The van der Waals surface area contributed by atoms with E-state index in [1.807, 2.05) is 38.1 Å². The summed E-state index contributed by atoms with van der Waals surface area (Å²) in [5.41, 5.74) is 7.68. The Morgan fingerprint density at radius 3 is 2.44 bits per heavy atom. The molecule has 5 heteroatoms. The summed E-state index contributed by atoms with van der Waals surface area (Å²) in [4.78, 5) is 16.9. The van der Waals surface area contributed by atoms with Crippen molar-refractivity contribution in [3.05, 3.63) is 70.1 Å². The number of nitrogens with one attached hydrogen (secondary N) is 1. The van der Waals surface area contributed by atoms with Crippen molar-refractivity contribution in [2.45, 2.75) is 47.5 Å². The van der Waals surface area contributed by atoms with Gasteiger partial charge in [-0.3, -0.25) is 4.99 Å². The van der Waals surface area contributed by atoms with Gasteiger partial charge in [0.25, 0.3) is 0 Å². The number of aromatic carboxylic acids is 1. The van der Waals surface area contributed by atoms with Gasteiger partial charge in [0.1, 0.15) is 11.3 Å². The van der Waals surface area contributed by atoms with Crippen LogP contribution < -0.4 is 10.7 Å². The van der Waals surface area contributed by atoms with Crippen LogP contribution in [-0.2, 0) is 0 Å². The smallest absolute Gasteiger partial charge is 0.336 e. The summed E-state index contributed by atoms with van der Waals surface area (Å²) in [6.45, 7) is 13.9. The highest BCUT2D eigenvalue weighted by Gasteiger charge is 2.23. The third-order valence-corrected chi connectivity index (χ3v) is 6.29. The molecule has 0 fully saturated rings. The third kappa shape index (κ3) is 4.18. The molecule has 2 aliphatic rings. The minimum Gasteiger partial charge on any atom is -0.478 e. The number of hydrogen-bond acceptors (Lipinski definition) is 4. The first-order valence-electron chi connectivity index (χ1n) is 11.9. The molecule has 1 aliphatic carbocycles. The lowest BCUT2D eigenvalue weighted by Crippen LogP contribution is -2.10. The van der Waals surface area contributed by atoms with Crippen LogP contribution in [0.3, 0.4) is 0 Å². The Labute approximate surface area is 200 Å². The van der Waals surface area contributed by atoms with E-state index in [0.29, 0.717) is 23.5 Å². The second-order valence-corrected chi connectivity index (χ2v) is 9.04. The molecule has 0 bridgehead atoms. The molecule has 0 aromatic heterocycles. The van der Waals surface area contributed by atoms with E-state index in [1.165, 1.54) is 0 Å². The number of hydrogen-bond donors (Lipinski definition) is 2. The molecule has 0 radical (unpaired) electrons. The van der Waals surface area contributed by atoms with Gasteiger partial charge in [0.05, 0.1) is 10.9 Å². The summed E-state index contributed by atoms with van der Waals surface area (Å²) >= 11 is 0. The molecule has 0 spiro atoms. The molecule has 0 amide bonds. The normalized spacial score (nSPS) is 12.1. The van der Waals surface area contributed by atoms with Gasteiger partial charge >= 0.3 is 5.97 Å². The lowest BCUT2D eigenvalue weighted by Gasteiger charge is -2.20. The van der Waals surface area contributed by atoms with Crippen LogP contribution in [-0.4, -0.2) is 24.2 Å². The quantitative estimate of drug-likeness (QED) is 0.306. The largest absolute Gasteiger partial charge is 0.478 e. The monoisotopic (exact) mass is 456 g/mol. The first kappa shape index (κ1) is 23.6. The first-order valence-corrected chi connectivity index (χ1v) is 11.9. The molecule has 2 N–H and O–H groups in total. The average molecular weight is 457 g/mol. The molecular formula is C29H32N2O3. The standard InChI is InChI=1S/C29H32N2O3/c1-7-30-24-14-26-22(11-17(24)5)28(21-13-19(16(3)4)9-10-20(21)29(32)33)23-12-18(6)25(31-8-2)15-27(23)34-26/h9-16,30H,7-8H2,1-6H3,(H,32,33)/b31-25-. The van der Waals surface area contributed by atoms with E-state index in [-0.39, 0.29) is 11.5 Å². The fourth-order valence-corrected chi connectivity index (χ4v) is 4.51. The summed E-state index contributed by atoms with van der Waals surface area (Å²) in [5.74, 6) is 0.0203. The number of benzene rings is 3. The van der Waals surface area contributed by atoms with E-state index < -0.39 is 5.97 Å². The number of nitrogens with zero attached hydrogens (tertiary/aromatic N) is 1. The van der Waals surface area contributed by atoms with Crippen LogP contribution in [0.4, 0.5) is 5.69 Å². The Bertz CT molecular complexity index is 1430. The maximum absolute atomic E-state index is 12.3. The highest BCUT2D eigenvalue weighted by Crippen LogP contribution is 2.43. The summed E-state index contributed by atoms with van der Waals surface area (Å²) in [5, 5.41) is 15.3. The van der Waals surface area contributed by atoms with Gasteiger partial charge in [-0.05, 0) is 80.1 Å². The van der Waals surface area contributed by atoms with E-state index in [4.69, 9.17) is 4.42 Å². The van der Waals surface area contributed by atoms with Crippen LogP contribution in [0.2, 0.25) is 0 Å². The first-order chi connectivity index (χ1) is 16.2. The molecule has 4 rings (SSSR count). The van der Waals surface area contributed by atoms with E-state index in [2.05, 4.69) is 50.1 Å². The van der Waals surface area contributed by atoms with Crippen molar-refractivity contribution in [2.24, 2.45) is 4.99 Å². The highest BCUT2D eigenvalue weighted by atomic mass is 16.4. The van der Waals surface area contributed by atoms with E-state index in [0.717, 1.165) is 50.8 Å². The van der Waals surface area contributed by atoms with Crippen LogP contribution in [0.15, 0.2) is 51.9 Å². The Hall–Kier alpha value is -3.60. The molecule has 0 saturated carbocycles. The minimum atomic E-state index is -0.942. The topological polar surface area (TPSA) is 74.8 Å². The molecule has 0 atom stereocenters. The van der Waals surface area contributed by atoms with Crippen molar-refractivity contribution in [1.29, 1.82) is 0 Å². The molecular weight excluding hydrogens is 424 g/mol. The van der Waals surface area contributed by atoms with Crippen LogP contribution in [0, 0.1) is 13.8 Å². The minimum absolute atomic E-state index is 0.270. The van der Waals surface area contributed by atoms with Crippen LogP contribution in [0.1, 0.15) is 60.7 Å². The van der Waals surface area contributed by atoms with Crippen molar-refractivity contribution < 1.29 is 14.3 Å². The molecule has 0 unspecified atom stereocenters. The molecule has 1 heterocycles. The zero-order valence-corrected chi connectivity index (χ0v) is 20.7. The molecule has 5 nitrogen and oxygen atoms in total. The Morgan fingerprint density at radius 1 is 1.03 bits per heavy atom. The van der Waals surface area contributed by atoms with Gasteiger partial charge < -0.3 is 14.8 Å². The van der Waals surface area contributed by atoms with Gasteiger partial charge in [-0.1, -0.05) is 19.9 Å². The zero-order chi connectivity index (χ0) is 24.6. The van der Waals surface area contributed by atoms with Crippen LogP contribution in [0.25, 0.3) is 33.4 Å². The van der Waals surface area contributed by atoms with Gasteiger partial charge in [0.2, 0.25) is 0 Å². The van der Waals surface area contributed by atoms with E-state index in [1.54, 1.807) is 6.07 Å². The van der Waals surface area contributed by atoms with E-state index in [9.17, 15) is 9.90 Å². The number of carboxylic acid groups (broad SMARTS) is 1. The van der Waals surface area contributed by atoms with Gasteiger partial charge in [-0.25, -0.2) is 4.79 Å². The van der Waals surface area contributed by atoms with Gasteiger partial charge in [-0.2, -0.15) is 0 Å². The lowest BCUT2D eigenvalue weighted by atomic mass is 9.87. The Kier molecular flexibility index (Phi) is 6.47. The highest BCUT2D eigenvalue weighted by molar-refractivity contribution is 6.08. The summed E-state index contributed by atoms with van der Waals surface area (Å²) in [7, 11) is 0. The maximum atomic E-state index is 12.3. The van der Waals surface area contributed by atoms with Crippen molar-refractivity contribution in [3.8, 4) is 22.5 Å². The molecule has 176 valence electrons. The Balaban J connectivity index is 2.22. The van der Waals surface area contributed by atoms with Crippen molar-refractivity contribution in [1.82, 2.24) is 0 Å². The fourth-order valence-electron chi connectivity index (χ4n) is 4.51. The zero-order valence-electron chi connectivity index (χ0n) is 20.7. The second-order valence-electron chi connectivity index (χ2n) is 9.04. The number of carboxylic acids is 1. The van der Waals surface area contributed by atoms with Gasteiger partial charge in [-0.15, -0.1) is 0 Å². The summed E-state index contributed by atoms with van der Waals surface area (Å²) < 4.78 is 6.42. The lowest BCUT2D eigenvalue weighted by molar-refractivity contribution is 0.0697. The van der Waals surface area contributed by atoms with Gasteiger partial charge in [0, 0.05) is 47.4 Å². The molecule has 2 aromatic rings. The van der Waals surface area contributed by atoms with Crippen molar-refractivity contribution >= 4 is 22.6 Å². The Morgan fingerprint density at radius 2 is 1.79 bits per heavy atom. The second kappa shape index (κ2) is 9.34. The van der Waals surface area contributed by atoms with Crippen LogP contribution >= 0.6 is 0 Å². The van der Waals surface area contributed by atoms with Gasteiger partial charge in [0.15, 0.2) is 0 Å². The summed E-state index contributed by atoms with van der Waals surface area (Å²) in [6.07, 6.45) is 0. The molecule has 34 heavy (non-hydrogen) atoms. The predicted octanol–water partition coefficient (Wildman–Crippen LogP) is 7.00. The number of fused-ring (bicyclic) bond motifs is 2. The third-order valence-electron chi connectivity index (χ3n) is 6.29. The van der Waals surface area contributed by atoms with E-state index >= 15 is 0 Å².